The molecule has 6 nitrogen and oxygen atoms in total. The van der Waals surface area contributed by atoms with Crippen LogP contribution in [-0.4, -0.2) is 85.4 Å². The van der Waals surface area contributed by atoms with Crippen LogP contribution in [0.4, 0.5) is 0 Å². The van der Waals surface area contributed by atoms with Crippen molar-refractivity contribution < 1.29 is 9.59 Å². The Morgan fingerprint density at radius 1 is 0.926 bits per heavy atom. The van der Waals surface area contributed by atoms with Crippen LogP contribution in [0.5, 0.6) is 0 Å². The third kappa shape index (κ3) is 4.87. The van der Waals surface area contributed by atoms with E-state index in [1.807, 2.05) is 54.0 Å². The van der Waals surface area contributed by atoms with Gasteiger partial charge in [-0.1, -0.05) is 30.3 Å². The normalized spacial score (nSPS) is 19.2. The molecule has 148 valence electrons. The van der Waals surface area contributed by atoms with E-state index in [0.29, 0.717) is 6.42 Å². The molecule has 1 N–H and O–H groups in total. The lowest BCUT2D eigenvalue weighted by atomic mass is 9.83. The number of nitrogens with one attached hydrogen (secondary N) is 1. The van der Waals surface area contributed by atoms with Crippen LogP contribution in [0.25, 0.3) is 0 Å². The summed E-state index contributed by atoms with van der Waals surface area (Å²) in [6.45, 7) is 11.3. The van der Waals surface area contributed by atoms with Crippen molar-refractivity contribution in [1.29, 1.82) is 0 Å². The fourth-order valence-electron chi connectivity index (χ4n) is 3.87. The number of benzene rings is 1. The second-order valence-corrected chi connectivity index (χ2v) is 8.01. The van der Waals surface area contributed by atoms with Gasteiger partial charge in [0.25, 0.3) is 0 Å². The van der Waals surface area contributed by atoms with Gasteiger partial charge in [-0.25, -0.2) is 0 Å². The minimum absolute atomic E-state index is 0.185. The number of hydrogen-bond acceptors (Lipinski definition) is 4. The molecule has 2 aliphatic rings. The van der Waals surface area contributed by atoms with Crippen LogP contribution in [0.1, 0.15) is 25.8 Å². The zero-order chi connectivity index (χ0) is 19.3. The van der Waals surface area contributed by atoms with E-state index in [4.69, 9.17) is 0 Å². The van der Waals surface area contributed by atoms with Crippen LogP contribution < -0.4 is 5.32 Å². The fourth-order valence-corrected chi connectivity index (χ4v) is 3.87. The van der Waals surface area contributed by atoms with Crippen LogP contribution in [0, 0.1) is 0 Å². The van der Waals surface area contributed by atoms with E-state index in [0.717, 1.165) is 64.5 Å². The van der Waals surface area contributed by atoms with E-state index in [2.05, 4.69) is 10.2 Å². The summed E-state index contributed by atoms with van der Waals surface area (Å²) in [7, 11) is 0. The summed E-state index contributed by atoms with van der Waals surface area (Å²) in [5.41, 5.74) is 0.542. The van der Waals surface area contributed by atoms with E-state index in [9.17, 15) is 9.59 Å². The zero-order valence-electron chi connectivity index (χ0n) is 16.6. The van der Waals surface area contributed by atoms with Gasteiger partial charge in [0.05, 0.1) is 5.41 Å². The molecule has 0 spiro atoms. The Hall–Kier alpha value is -1.92. The summed E-state index contributed by atoms with van der Waals surface area (Å²) < 4.78 is 0. The monoisotopic (exact) mass is 372 g/mol. The molecule has 2 aliphatic heterocycles. The SMILES string of the molecule is CC(C)(C(=O)N1CCN(CCC(=O)N2CCNCC2)CC1)c1ccccc1. The Labute approximate surface area is 162 Å². The van der Waals surface area contributed by atoms with Crippen molar-refractivity contribution in [3.05, 3.63) is 35.9 Å². The molecule has 3 rings (SSSR count). The minimum atomic E-state index is -0.512. The third-order valence-electron chi connectivity index (χ3n) is 5.80. The summed E-state index contributed by atoms with van der Waals surface area (Å²) in [5.74, 6) is 0.436. The second-order valence-electron chi connectivity index (χ2n) is 8.01. The molecule has 6 heteroatoms. The standard InChI is InChI=1S/C21H32N4O2/c1-21(2,18-6-4-3-5-7-18)20(27)25-16-14-23(15-17-25)11-8-19(26)24-12-9-22-10-13-24/h3-7,22H,8-17H2,1-2H3. The number of nitrogens with zero attached hydrogens (tertiary/aromatic N) is 3. The molecule has 1 aromatic rings. The molecule has 0 radical (unpaired) electrons. The van der Waals surface area contributed by atoms with Gasteiger partial charge in [0, 0.05) is 65.3 Å². The summed E-state index contributed by atoms with van der Waals surface area (Å²) in [6, 6.07) is 9.99. The first-order valence-corrected chi connectivity index (χ1v) is 10.0. The van der Waals surface area contributed by atoms with Gasteiger partial charge >= 0.3 is 0 Å². The lowest BCUT2D eigenvalue weighted by Gasteiger charge is -2.39. The highest BCUT2D eigenvalue weighted by atomic mass is 16.2. The number of carbonyl (C=O) groups excluding carboxylic acids is 2. The van der Waals surface area contributed by atoms with Gasteiger partial charge in [0.2, 0.25) is 11.8 Å². The van der Waals surface area contributed by atoms with Crippen molar-refractivity contribution in [2.45, 2.75) is 25.7 Å². The van der Waals surface area contributed by atoms with Gasteiger partial charge in [0.1, 0.15) is 0 Å². The highest BCUT2D eigenvalue weighted by Crippen LogP contribution is 2.26. The lowest BCUT2D eigenvalue weighted by molar-refractivity contribution is -0.138. The zero-order valence-corrected chi connectivity index (χ0v) is 16.6. The number of hydrogen-bond donors (Lipinski definition) is 1. The van der Waals surface area contributed by atoms with Gasteiger partial charge in [-0.3, -0.25) is 14.5 Å². The molecule has 0 unspecified atom stereocenters. The average Bonchev–Trinajstić information content (AvgIpc) is 2.73. The van der Waals surface area contributed by atoms with Gasteiger partial charge < -0.3 is 15.1 Å². The fraction of sp³-hybridized carbons (Fsp3) is 0.619. The third-order valence-corrected chi connectivity index (χ3v) is 5.80. The van der Waals surface area contributed by atoms with E-state index >= 15 is 0 Å². The first kappa shape index (κ1) is 19.8. The maximum absolute atomic E-state index is 13.0. The van der Waals surface area contributed by atoms with Crippen LogP contribution in [0.2, 0.25) is 0 Å². The Bertz CT molecular complexity index is 633. The van der Waals surface area contributed by atoms with Gasteiger partial charge in [0.15, 0.2) is 0 Å². The van der Waals surface area contributed by atoms with E-state index in [-0.39, 0.29) is 11.8 Å². The molecular formula is C21H32N4O2. The van der Waals surface area contributed by atoms with Gasteiger partial charge in [-0.2, -0.15) is 0 Å². The number of amides is 2. The van der Waals surface area contributed by atoms with Crippen molar-refractivity contribution in [3.63, 3.8) is 0 Å². The average molecular weight is 373 g/mol. The number of rotatable bonds is 5. The number of piperazine rings is 2. The smallest absolute Gasteiger partial charge is 0.232 e. The quantitative estimate of drug-likeness (QED) is 0.836. The topological polar surface area (TPSA) is 55.9 Å². The van der Waals surface area contributed by atoms with Crippen molar-refractivity contribution in [1.82, 2.24) is 20.0 Å². The molecule has 0 atom stereocenters. The van der Waals surface area contributed by atoms with Gasteiger partial charge in [-0.05, 0) is 19.4 Å². The predicted octanol–water partition coefficient (Wildman–Crippen LogP) is 0.930. The lowest BCUT2D eigenvalue weighted by Crippen LogP contribution is -2.53. The van der Waals surface area contributed by atoms with Crippen molar-refractivity contribution >= 4 is 11.8 Å². The molecule has 0 aliphatic carbocycles. The first-order valence-electron chi connectivity index (χ1n) is 10.0. The molecular weight excluding hydrogens is 340 g/mol. The van der Waals surface area contributed by atoms with Crippen molar-refractivity contribution in [3.8, 4) is 0 Å². The molecule has 27 heavy (non-hydrogen) atoms. The maximum Gasteiger partial charge on any atom is 0.232 e. The summed E-state index contributed by atoms with van der Waals surface area (Å²) in [6.07, 6.45) is 0.573. The molecule has 2 fully saturated rings. The Morgan fingerprint density at radius 2 is 1.56 bits per heavy atom. The van der Waals surface area contributed by atoms with E-state index < -0.39 is 5.41 Å². The number of carbonyl (C=O) groups is 2. The highest BCUT2D eigenvalue weighted by molar-refractivity contribution is 5.87. The maximum atomic E-state index is 13.0. The van der Waals surface area contributed by atoms with Crippen molar-refractivity contribution in [2.75, 3.05) is 58.9 Å². The molecule has 2 heterocycles. The van der Waals surface area contributed by atoms with E-state index in [1.54, 1.807) is 0 Å². The molecule has 0 aromatic heterocycles. The van der Waals surface area contributed by atoms with Crippen LogP contribution >= 0.6 is 0 Å². The molecule has 2 saturated heterocycles. The van der Waals surface area contributed by atoms with Gasteiger partial charge in [-0.15, -0.1) is 0 Å². The Kier molecular flexibility index (Phi) is 6.50. The Morgan fingerprint density at radius 3 is 2.19 bits per heavy atom. The highest BCUT2D eigenvalue weighted by Gasteiger charge is 2.35. The summed E-state index contributed by atoms with van der Waals surface area (Å²) in [4.78, 5) is 31.6. The largest absolute Gasteiger partial charge is 0.340 e. The van der Waals surface area contributed by atoms with Crippen LogP contribution in [0.3, 0.4) is 0 Å². The van der Waals surface area contributed by atoms with Crippen molar-refractivity contribution in [2.24, 2.45) is 0 Å². The molecule has 1 aromatic carbocycles. The predicted molar refractivity (Wildman–Crippen MR) is 107 cm³/mol. The summed E-state index contributed by atoms with van der Waals surface area (Å²) in [5, 5.41) is 3.27. The summed E-state index contributed by atoms with van der Waals surface area (Å²) >= 11 is 0. The second kappa shape index (κ2) is 8.85. The Balaban J connectivity index is 1.45. The molecule has 0 saturated carbocycles. The first-order chi connectivity index (χ1) is 13.0. The van der Waals surface area contributed by atoms with Crippen LogP contribution in [0.15, 0.2) is 30.3 Å². The van der Waals surface area contributed by atoms with E-state index in [1.165, 1.54) is 0 Å². The van der Waals surface area contributed by atoms with Crippen LogP contribution in [-0.2, 0) is 15.0 Å². The minimum Gasteiger partial charge on any atom is -0.340 e. The molecule has 0 bridgehead atoms. The molecule has 2 amide bonds.